The van der Waals surface area contributed by atoms with Gasteiger partial charge in [0.1, 0.15) is 0 Å². The Hall–Kier alpha value is -1.21. The minimum absolute atomic E-state index is 0.111. The summed E-state index contributed by atoms with van der Waals surface area (Å²) in [5.74, 6) is -0.691. The van der Waals surface area contributed by atoms with E-state index in [-0.39, 0.29) is 51.1 Å². The Kier molecular flexibility index (Phi) is 5.18. The third kappa shape index (κ3) is 2.97. The molecule has 2 amide bonds. The fourth-order valence-corrected chi connectivity index (χ4v) is 6.62. The highest BCUT2D eigenvalue weighted by Gasteiger charge is 2.66. The van der Waals surface area contributed by atoms with Crippen LogP contribution < -0.4 is 4.90 Å². The topological polar surface area (TPSA) is 63.7 Å². The Balaban J connectivity index is 1.52. The van der Waals surface area contributed by atoms with E-state index in [9.17, 15) is 14.4 Å². The van der Waals surface area contributed by atoms with Crippen LogP contribution in [0.15, 0.2) is 24.3 Å². The summed E-state index contributed by atoms with van der Waals surface area (Å²) in [5.41, 5.74) is 0.955. The number of amides is 2. The van der Waals surface area contributed by atoms with Crippen molar-refractivity contribution in [1.82, 2.24) is 0 Å². The monoisotopic (exact) mass is 497 g/mol. The number of carbonyl (C=O) groups is 3. The minimum Gasteiger partial charge on any atom is -0.462 e. The van der Waals surface area contributed by atoms with Gasteiger partial charge in [0.25, 0.3) is 0 Å². The fourth-order valence-electron chi connectivity index (χ4n) is 4.74. The number of esters is 1. The van der Waals surface area contributed by atoms with Crippen LogP contribution in [-0.2, 0) is 14.3 Å². The third-order valence-electron chi connectivity index (χ3n) is 6.08. The lowest BCUT2D eigenvalue weighted by Crippen LogP contribution is -2.37. The maximum atomic E-state index is 13.0. The van der Waals surface area contributed by atoms with E-state index in [2.05, 4.69) is 31.9 Å². The van der Waals surface area contributed by atoms with Gasteiger partial charge in [-0.15, -0.1) is 0 Å². The molecule has 2 aliphatic carbocycles. The fraction of sp³-hybridized carbons (Fsp3) is 0.550. The van der Waals surface area contributed by atoms with Crippen LogP contribution in [-0.4, -0.2) is 34.0 Å². The summed E-state index contributed by atoms with van der Waals surface area (Å²) in [5, 5.41) is 0. The van der Waals surface area contributed by atoms with Crippen molar-refractivity contribution >= 4 is 55.3 Å². The number of hydrogen-bond donors (Lipinski definition) is 0. The Labute approximate surface area is 175 Å². The maximum Gasteiger partial charge on any atom is 0.338 e. The molecule has 144 valence electrons. The van der Waals surface area contributed by atoms with E-state index in [0.29, 0.717) is 17.9 Å². The molecule has 1 aromatic carbocycles. The van der Waals surface area contributed by atoms with Gasteiger partial charge in [-0.2, -0.15) is 0 Å². The summed E-state index contributed by atoms with van der Waals surface area (Å²) in [7, 11) is 0. The van der Waals surface area contributed by atoms with Gasteiger partial charge in [0, 0.05) is 9.65 Å². The summed E-state index contributed by atoms with van der Waals surface area (Å²) in [6, 6.07) is 6.56. The van der Waals surface area contributed by atoms with Crippen LogP contribution >= 0.6 is 31.9 Å². The van der Waals surface area contributed by atoms with Gasteiger partial charge in [0.05, 0.1) is 29.7 Å². The Morgan fingerprint density at radius 2 is 1.63 bits per heavy atom. The van der Waals surface area contributed by atoms with E-state index < -0.39 is 0 Å². The SMILES string of the molecule is CCCCOC(=O)c1ccc(N2C(=O)C3C4CC(C(Br)C4Br)C3C2=O)cc1. The zero-order valence-electron chi connectivity index (χ0n) is 14.9. The average Bonchev–Trinajstić information content (AvgIpc) is 3.27. The van der Waals surface area contributed by atoms with E-state index in [1.807, 2.05) is 6.92 Å². The summed E-state index contributed by atoms with van der Waals surface area (Å²) in [4.78, 5) is 39.8. The Bertz CT molecular complexity index is 749. The van der Waals surface area contributed by atoms with Crippen LogP contribution in [0.2, 0.25) is 0 Å². The standard InChI is InChI=1S/C20H21Br2NO4/c1-2-3-8-27-20(26)10-4-6-11(7-5-10)23-18(24)14-12-9-13(15(14)19(23)25)17(22)16(12)21/h4-7,12-17H,2-3,8-9H2,1H3. The first kappa shape index (κ1) is 19.1. The molecular weight excluding hydrogens is 478 g/mol. The number of nitrogens with zero attached hydrogens (tertiary/aromatic N) is 1. The summed E-state index contributed by atoms with van der Waals surface area (Å²) in [6.45, 7) is 2.43. The molecule has 6 atom stereocenters. The summed E-state index contributed by atoms with van der Waals surface area (Å²) < 4.78 is 5.20. The number of fused-ring (bicyclic) bond motifs is 5. The predicted molar refractivity (Wildman–Crippen MR) is 108 cm³/mol. The largest absolute Gasteiger partial charge is 0.462 e. The van der Waals surface area contributed by atoms with Crippen LogP contribution in [0.1, 0.15) is 36.5 Å². The Morgan fingerprint density at radius 1 is 1.07 bits per heavy atom. The molecule has 0 aromatic heterocycles. The lowest BCUT2D eigenvalue weighted by atomic mass is 9.81. The van der Waals surface area contributed by atoms with Crippen molar-refractivity contribution in [3.8, 4) is 0 Å². The predicted octanol–water partition coefficient (Wildman–Crippen LogP) is 3.93. The van der Waals surface area contributed by atoms with Crippen molar-refractivity contribution in [3.63, 3.8) is 0 Å². The second-order valence-corrected chi connectivity index (χ2v) is 9.67. The van der Waals surface area contributed by atoms with Crippen LogP contribution in [0.4, 0.5) is 5.69 Å². The number of benzene rings is 1. The van der Waals surface area contributed by atoms with Gasteiger partial charge in [0.15, 0.2) is 0 Å². The van der Waals surface area contributed by atoms with Crippen molar-refractivity contribution in [1.29, 1.82) is 0 Å². The highest BCUT2D eigenvalue weighted by atomic mass is 79.9. The first-order valence-electron chi connectivity index (χ1n) is 9.38. The van der Waals surface area contributed by atoms with E-state index in [1.165, 1.54) is 4.90 Å². The summed E-state index contributed by atoms with van der Waals surface area (Å²) in [6.07, 6.45) is 2.70. The highest BCUT2D eigenvalue weighted by Crippen LogP contribution is 2.60. The van der Waals surface area contributed by atoms with Gasteiger partial charge in [-0.3, -0.25) is 14.5 Å². The maximum absolute atomic E-state index is 13.0. The van der Waals surface area contributed by atoms with Gasteiger partial charge in [0.2, 0.25) is 11.8 Å². The molecule has 1 aliphatic heterocycles. The van der Waals surface area contributed by atoms with Crippen molar-refractivity contribution in [2.75, 3.05) is 11.5 Å². The van der Waals surface area contributed by atoms with Crippen molar-refractivity contribution in [2.45, 2.75) is 35.8 Å². The number of alkyl halides is 2. The highest BCUT2D eigenvalue weighted by molar-refractivity contribution is 9.12. The zero-order valence-corrected chi connectivity index (χ0v) is 18.1. The van der Waals surface area contributed by atoms with Crippen molar-refractivity contribution in [3.05, 3.63) is 29.8 Å². The van der Waals surface area contributed by atoms with Crippen LogP contribution in [0, 0.1) is 23.7 Å². The van der Waals surface area contributed by atoms with Gasteiger partial charge < -0.3 is 4.74 Å². The molecule has 1 saturated heterocycles. The van der Waals surface area contributed by atoms with Gasteiger partial charge in [-0.1, -0.05) is 45.2 Å². The second-order valence-electron chi connectivity index (χ2n) is 7.55. The Morgan fingerprint density at radius 3 is 2.15 bits per heavy atom. The molecule has 2 bridgehead atoms. The number of unbranched alkanes of at least 4 members (excludes halogenated alkanes) is 1. The van der Waals surface area contributed by atoms with Crippen molar-refractivity contribution < 1.29 is 19.1 Å². The molecule has 0 radical (unpaired) electrons. The molecular formula is C20H21Br2NO4. The van der Waals surface area contributed by atoms with Gasteiger partial charge >= 0.3 is 5.97 Å². The first-order valence-corrected chi connectivity index (χ1v) is 11.2. The number of halogens is 2. The number of hydrogen-bond acceptors (Lipinski definition) is 4. The molecule has 3 aliphatic rings. The molecule has 6 unspecified atom stereocenters. The lowest BCUT2D eigenvalue weighted by Gasteiger charge is -2.28. The van der Waals surface area contributed by atoms with E-state index in [1.54, 1.807) is 24.3 Å². The molecule has 1 aromatic rings. The molecule has 2 saturated carbocycles. The zero-order chi connectivity index (χ0) is 19.3. The number of rotatable bonds is 5. The molecule has 3 fully saturated rings. The van der Waals surface area contributed by atoms with E-state index in [4.69, 9.17) is 4.74 Å². The number of imide groups is 1. The number of carbonyl (C=O) groups excluding carboxylic acids is 3. The molecule has 0 N–H and O–H groups in total. The van der Waals surface area contributed by atoms with Crippen LogP contribution in [0.25, 0.3) is 0 Å². The molecule has 1 heterocycles. The van der Waals surface area contributed by atoms with E-state index >= 15 is 0 Å². The van der Waals surface area contributed by atoms with Crippen LogP contribution in [0.3, 0.4) is 0 Å². The molecule has 7 heteroatoms. The number of ether oxygens (including phenoxy) is 1. The average molecular weight is 499 g/mol. The normalized spacial score (nSPS) is 34.3. The molecule has 0 spiro atoms. The number of anilines is 1. The van der Waals surface area contributed by atoms with Crippen molar-refractivity contribution in [2.24, 2.45) is 23.7 Å². The lowest BCUT2D eigenvalue weighted by molar-refractivity contribution is -0.123. The van der Waals surface area contributed by atoms with E-state index in [0.717, 1.165) is 19.3 Å². The quantitative estimate of drug-likeness (QED) is 0.267. The minimum atomic E-state index is -0.381. The smallest absolute Gasteiger partial charge is 0.338 e. The van der Waals surface area contributed by atoms with Gasteiger partial charge in [-0.05, 0) is 48.9 Å². The molecule has 4 rings (SSSR count). The molecule has 27 heavy (non-hydrogen) atoms. The molecule has 5 nitrogen and oxygen atoms in total. The van der Waals surface area contributed by atoms with Crippen LogP contribution in [0.5, 0.6) is 0 Å². The van der Waals surface area contributed by atoms with Gasteiger partial charge in [-0.25, -0.2) is 4.79 Å². The third-order valence-corrected chi connectivity index (χ3v) is 9.29. The summed E-state index contributed by atoms with van der Waals surface area (Å²) >= 11 is 7.38. The first-order chi connectivity index (χ1) is 13.0. The second kappa shape index (κ2) is 7.32.